The number of para-hydroxylation sites is 1. The summed E-state index contributed by atoms with van der Waals surface area (Å²) in [5.41, 5.74) is -1.55. The number of nitrogens with zero attached hydrogens (tertiary/aromatic N) is 2. The summed E-state index contributed by atoms with van der Waals surface area (Å²) in [7, 11) is -3.04. The van der Waals surface area contributed by atoms with Gasteiger partial charge in [0, 0.05) is 59.3 Å². The highest BCUT2D eigenvalue weighted by molar-refractivity contribution is 9.10. The van der Waals surface area contributed by atoms with Gasteiger partial charge in [-0.2, -0.15) is 0 Å². The van der Waals surface area contributed by atoms with Crippen LogP contribution in [0.2, 0.25) is 0 Å². The van der Waals surface area contributed by atoms with Crippen molar-refractivity contribution in [3.63, 3.8) is 0 Å². The molecular formula is C52H84BrN2O10P. The molecule has 3 aliphatic heterocycles. The molecule has 66 heavy (non-hydrogen) atoms. The Bertz CT molecular complexity index is 1990. The molecule has 14 heteroatoms. The summed E-state index contributed by atoms with van der Waals surface area (Å²) in [4.78, 5) is 18.7. The Morgan fingerprint density at radius 3 is 2.23 bits per heavy atom. The van der Waals surface area contributed by atoms with Crippen molar-refractivity contribution in [3.8, 4) is 0 Å². The first-order valence-corrected chi connectivity index (χ1v) is 27.5. The number of hydrogen-bond acceptors (Lipinski definition) is 11. The first-order chi connectivity index (χ1) is 30.6. The van der Waals surface area contributed by atoms with E-state index < -0.39 is 85.1 Å². The lowest BCUT2D eigenvalue weighted by molar-refractivity contribution is -0.304. The van der Waals surface area contributed by atoms with E-state index in [0.717, 1.165) is 16.4 Å². The van der Waals surface area contributed by atoms with Crippen molar-refractivity contribution in [1.82, 2.24) is 4.98 Å². The molecule has 0 saturated carbocycles. The van der Waals surface area contributed by atoms with Gasteiger partial charge in [0.25, 0.3) is 0 Å². The highest BCUT2D eigenvalue weighted by Crippen LogP contribution is 2.46. The Morgan fingerprint density at radius 2 is 1.62 bits per heavy atom. The maximum absolute atomic E-state index is 14.4. The molecule has 374 valence electrons. The number of aliphatic hydroxyl groups is 2. The molecule has 4 heterocycles. The summed E-state index contributed by atoms with van der Waals surface area (Å²) in [5.74, 6) is -2.46. The Labute approximate surface area is 405 Å². The van der Waals surface area contributed by atoms with Gasteiger partial charge in [0.05, 0.1) is 54.2 Å². The number of aliphatic hydroxyl groups excluding tert-OH is 1. The van der Waals surface area contributed by atoms with Crippen LogP contribution in [-0.4, -0.2) is 107 Å². The molecule has 1 aromatic carbocycles. The van der Waals surface area contributed by atoms with Gasteiger partial charge in [-0.05, 0) is 105 Å². The minimum Gasteiger partial charge on any atom is -0.459 e. The molecule has 0 spiro atoms. The third-order valence-electron chi connectivity index (χ3n) is 14.9. The van der Waals surface area contributed by atoms with Gasteiger partial charge < -0.3 is 38.6 Å². The van der Waals surface area contributed by atoms with Crippen molar-refractivity contribution in [3.05, 3.63) is 53.7 Å². The number of carbonyl (C=O) groups is 1. The van der Waals surface area contributed by atoms with Crippen LogP contribution in [-0.2, 0) is 37.8 Å². The second kappa shape index (κ2) is 23.2. The Balaban J connectivity index is 0.000000745. The fourth-order valence-electron chi connectivity index (χ4n) is 10.4. The molecule has 17 atom stereocenters. The van der Waals surface area contributed by atoms with Crippen molar-refractivity contribution in [2.24, 2.45) is 51.6 Å². The molecule has 3 fully saturated rings. The third kappa shape index (κ3) is 14.1. The number of hydrogen-bond donors (Lipinski definition) is 2. The van der Waals surface area contributed by atoms with E-state index in [2.05, 4.69) is 82.0 Å². The lowest BCUT2D eigenvalue weighted by atomic mass is 9.72. The number of rotatable bonds is 9. The summed E-state index contributed by atoms with van der Waals surface area (Å²) < 4.78 is 59.5. The topological polar surface area (TPSA) is 155 Å². The first-order valence-electron chi connectivity index (χ1n) is 24.2. The molecule has 3 saturated heterocycles. The Kier molecular flexibility index (Phi) is 19.9. The van der Waals surface area contributed by atoms with Crippen LogP contribution in [0, 0.1) is 46.8 Å². The van der Waals surface area contributed by atoms with Crippen LogP contribution in [0.5, 0.6) is 0 Å². The minimum absolute atomic E-state index is 0.0327. The molecule has 3 aliphatic rings. The molecule has 0 aliphatic carbocycles. The number of ether oxygens (including phenoxy) is 6. The van der Waals surface area contributed by atoms with Gasteiger partial charge in [0.2, 0.25) is 0 Å². The maximum Gasteiger partial charge on any atom is 0.311 e. The van der Waals surface area contributed by atoms with Crippen LogP contribution in [0.3, 0.4) is 0 Å². The summed E-state index contributed by atoms with van der Waals surface area (Å²) in [6.45, 7) is 35.2. The van der Waals surface area contributed by atoms with Crippen LogP contribution in [0.25, 0.3) is 10.9 Å². The molecule has 0 amide bonds. The fourth-order valence-corrected chi connectivity index (χ4v) is 11.6. The fraction of sp³-hybridized carbons (Fsp3) is 0.750. The SMILES string of the molecule is Brc1cnc2ccccc2c1.C=CCO[C@@]1(C)C[C@@H](C)C(=NP(C)(C)=O)[C@H](C)[C@@H](O)[C@](C)(O)[C@@H](CC)OC(=O)[C@H](C)[C@@H](O[C@H]2CC(C)(C)[C@@H](C)[C@H](C)O2)[C@H](C)[C@H]1O[C@@H]1O[C@H](C)C[C@H](C)[C@H]1C. The van der Waals surface area contributed by atoms with Crippen LogP contribution in [0.4, 0.5) is 0 Å². The number of cyclic esters (lactones) is 1. The number of pyridine rings is 1. The minimum atomic E-state index is -3.04. The van der Waals surface area contributed by atoms with Crippen LogP contribution < -0.4 is 0 Å². The molecule has 12 nitrogen and oxygen atoms in total. The first kappa shape index (κ1) is 56.5. The summed E-state index contributed by atoms with van der Waals surface area (Å²) in [5, 5.41) is 25.1. The molecule has 5 rings (SSSR count). The van der Waals surface area contributed by atoms with Crippen LogP contribution >= 0.6 is 23.2 Å². The highest BCUT2D eigenvalue weighted by atomic mass is 79.9. The van der Waals surface area contributed by atoms with E-state index in [4.69, 9.17) is 33.2 Å². The van der Waals surface area contributed by atoms with Gasteiger partial charge >= 0.3 is 5.97 Å². The zero-order chi connectivity index (χ0) is 49.7. The second-order valence-corrected chi connectivity index (χ2v) is 25.1. The Morgan fingerprint density at radius 1 is 0.970 bits per heavy atom. The smallest absolute Gasteiger partial charge is 0.311 e. The molecule has 0 bridgehead atoms. The van der Waals surface area contributed by atoms with Crippen molar-refractivity contribution >= 4 is 45.8 Å². The number of carbonyl (C=O) groups excluding carboxylic acids is 1. The molecule has 0 radical (unpaired) electrons. The van der Waals surface area contributed by atoms with E-state index in [1.165, 1.54) is 12.3 Å². The monoisotopic (exact) mass is 1010 g/mol. The maximum atomic E-state index is 14.4. The van der Waals surface area contributed by atoms with Crippen LogP contribution in [0.1, 0.15) is 123 Å². The molecule has 1 aromatic heterocycles. The van der Waals surface area contributed by atoms with Crippen molar-refractivity contribution in [2.45, 2.75) is 183 Å². The van der Waals surface area contributed by atoms with E-state index >= 15 is 0 Å². The van der Waals surface area contributed by atoms with Crippen molar-refractivity contribution < 1.29 is 48.0 Å². The normalized spacial score (nSPS) is 40.1. The van der Waals surface area contributed by atoms with Gasteiger partial charge in [-0.1, -0.05) is 86.6 Å². The van der Waals surface area contributed by atoms with Crippen molar-refractivity contribution in [2.75, 3.05) is 19.9 Å². The number of aromatic nitrogens is 1. The molecular weight excluding hydrogens is 923 g/mol. The van der Waals surface area contributed by atoms with E-state index in [9.17, 15) is 19.6 Å². The zero-order valence-corrected chi connectivity index (χ0v) is 45.3. The number of esters is 1. The average molecular weight is 1010 g/mol. The third-order valence-corrected chi connectivity index (χ3v) is 16.1. The lowest BCUT2D eigenvalue weighted by Crippen LogP contribution is -2.59. The number of halogens is 1. The predicted octanol–water partition coefficient (Wildman–Crippen LogP) is 11.3. The molecule has 2 N–H and O–H groups in total. The predicted molar refractivity (Wildman–Crippen MR) is 268 cm³/mol. The largest absolute Gasteiger partial charge is 0.459 e. The van der Waals surface area contributed by atoms with E-state index in [-0.39, 0.29) is 42.5 Å². The van der Waals surface area contributed by atoms with Gasteiger partial charge in [-0.3, -0.25) is 14.3 Å². The van der Waals surface area contributed by atoms with Gasteiger partial charge in [0.15, 0.2) is 19.9 Å². The van der Waals surface area contributed by atoms with Crippen molar-refractivity contribution in [1.29, 1.82) is 0 Å². The van der Waals surface area contributed by atoms with Gasteiger partial charge in [-0.25, -0.2) is 4.76 Å². The van der Waals surface area contributed by atoms with E-state index in [1.54, 1.807) is 40.2 Å². The second-order valence-electron chi connectivity index (χ2n) is 21.4. The average Bonchev–Trinajstić information content (AvgIpc) is 3.23. The standard InChI is InChI=1S/C43H78NO10P.C9H6BrN/c1-18-20-49-42(14)22-25(4)35(44-55(16,17)48)28(7)37(45)43(15,47)33(19-2)52-39(46)30(9)36(53-34-23-41(12,13)31(10)32(11)51-34)29(8)38(42)54-40-27(6)24(3)21-26(5)50-40;10-8-5-7-3-1-2-4-9(7)11-6-8/h18,24-34,36-38,40,45,47H,1,19-23H2,2-17H3;1-6H/t24-,25+,26+,27+,28-,29-,30+,31-,32-,33+,34-,36-,37+,38+,40-,42-,43+;/m0./s1. The summed E-state index contributed by atoms with van der Waals surface area (Å²) in [6.07, 6.45) is 0.228. The molecule has 2 aromatic rings. The Hall–Kier alpha value is -2.06. The summed E-state index contributed by atoms with van der Waals surface area (Å²) >= 11 is 3.37. The highest BCUT2D eigenvalue weighted by Gasteiger charge is 2.53. The number of benzene rings is 1. The van der Waals surface area contributed by atoms with Crippen LogP contribution in [0.15, 0.2) is 58.4 Å². The van der Waals surface area contributed by atoms with Gasteiger partial charge in [-0.15, -0.1) is 6.58 Å². The zero-order valence-electron chi connectivity index (χ0n) is 42.8. The van der Waals surface area contributed by atoms with E-state index in [1.807, 2.05) is 51.2 Å². The number of fused-ring (bicyclic) bond motifs is 1. The molecule has 0 unspecified atom stereocenters. The lowest BCUT2D eigenvalue weighted by Gasteiger charge is -2.50. The quantitative estimate of drug-likeness (QED) is 0.140. The van der Waals surface area contributed by atoms with E-state index in [0.29, 0.717) is 24.5 Å². The summed E-state index contributed by atoms with van der Waals surface area (Å²) in [6, 6.07) is 10.1. The van der Waals surface area contributed by atoms with Gasteiger partial charge in [0.1, 0.15) is 11.7 Å².